The highest BCUT2D eigenvalue weighted by atomic mass is 16.5. The zero-order valence-corrected chi connectivity index (χ0v) is 40.2. The van der Waals surface area contributed by atoms with Crippen LogP contribution in [0.4, 0.5) is 0 Å². The molecule has 0 fully saturated rings. The number of unbranched alkanes of at least 4 members (excludes halogenated alkanes) is 20. The third-order valence-corrected chi connectivity index (χ3v) is 12.5. The Morgan fingerprint density at radius 1 is 0.458 bits per heavy atom. The number of carbonyl (C=O) groups is 3. The van der Waals surface area contributed by atoms with Crippen molar-refractivity contribution in [1.29, 1.82) is 0 Å². The average molecular weight is 837 g/mol. The molecule has 0 saturated heterocycles. The van der Waals surface area contributed by atoms with E-state index in [0.29, 0.717) is 50.5 Å². The third-order valence-electron chi connectivity index (χ3n) is 12.5. The summed E-state index contributed by atoms with van der Waals surface area (Å²) in [5.74, 6) is 0.589. The lowest BCUT2D eigenvalue weighted by atomic mass is 9.91. The molecule has 0 aliphatic carbocycles. The van der Waals surface area contributed by atoms with Crippen LogP contribution < -0.4 is 0 Å². The Morgan fingerprint density at radius 3 is 1.25 bits per heavy atom. The van der Waals surface area contributed by atoms with Gasteiger partial charge in [0.25, 0.3) is 0 Å². The van der Waals surface area contributed by atoms with Crippen molar-refractivity contribution in [3.8, 4) is 0 Å². The molecule has 0 aliphatic heterocycles. The zero-order chi connectivity index (χ0) is 43.6. The SMILES string of the molecule is CCCCCCCCC(CCCCCC)CC(=O)OCCCCCC(CCCCCOC(=O)CN(C)C(=O)CC(CCCCCC)CCCCCCCC)N(C)CCO. The normalized spacial score (nSPS) is 13.1. The van der Waals surface area contributed by atoms with Crippen LogP contribution in [-0.2, 0) is 23.9 Å². The average Bonchev–Trinajstić information content (AvgIpc) is 3.21. The topological polar surface area (TPSA) is 96.4 Å². The van der Waals surface area contributed by atoms with E-state index in [-0.39, 0.29) is 31.0 Å². The zero-order valence-electron chi connectivity index (χ0n) is 40.2. The summed E-state index contributed by atoms with van der Waals surface area (Å²) in [5, 5.41) is 9.59. The quantitative estimate of drug-likeness (QED) is 0.0482. The molecular weight excluding hydrogens is 737 g/mol. The molecule has 350 valence electrons. The Kier molecular flexibility index (Phi) is 41.8. The Balaban J connectivity index is 4.48. The first kappa shape index (κ1) is 57.3. The fraction of sp³-hybridized carbons (Fsp3) is 0.941. The van der Waals surface area contributed by atoms with E-state index in [9.17, 15) is 19.5 Å². The second-order valence-electron chi connectivity index (χ2n) is 18.2. The highest BCUT2D eigenvalue weighted by Crippen LogP contribution is 2.24. The summed E-state index contributed by atoms with van der Waals surface area (Å²) in [6, 6.07) is 0.388. The molecule has 8 heteroatoms. The van der Waals surface area contributed by atoms with Gasteiger partial charge < -0.3 is 24.4 Å². The number of carbonyl (C=O) groups excluding carboxylic acids is 3. The second-order valence-corrected chi connectivity index (χ2v) is 18.2. The Morgan fingerprint density at radius 2 is 0.814 bits per heavy atom. The van der Waals surface area contributed by atoms with Crippen molar-refractivity contribution in [1.82, 2.24) is 9.80 Å². The molecular formula is C51H100N2O6. The molecule has 0 aromatic heterocycles. The molecule has 3 atom stereocenters. The van der Waals surface area contributed by atoms with Gasteiger partial charge in [0, 0.05) is 32.5 Å². The molecule has 1 N–H and O–H groups in total. The van der Waals surface area contributed by atoms with Crippen LogP contribution >= 0.6 is 0 Å². The number of hydrogen-bond donors (Lipinski definition) is 1. The first-order valence-corrected chi connectivity index (χ1v) is 25.6. The molecule has 1 amide bonds. The summed E-state index contributed by atoms with van der Waals surface area (Å²) in [4.78, 5) is 42.3. The number of likely N-dealkylation sites (N-methyl/N-ethyl adjacent to an activating group) is 2. The minimum atomic E-state index is -0.321. The summed E-state index contributed by atoms with van der Waals surface area (Å²) >= 11 is 0. The van der Waals surface area contributed by atoms with Gasteiger partial charge in [-0.1, -0.05) is 182 Å². The minimum absolute atomic E-state index is 0.0149. The van der Waals surface area contributed by atoms with E-state index in [1.54, 1.807) is 11.9 Å². The lowest BCUT2D eigenvalue weighted by Gasteiger charge is -2.27. The van der Waals surface area contributed by atoms with Gasteiger partial charge >= 0.3 is 11.9 Å². The summed E-state index contributed by atoms with van der Waals surface area (Å²) in [5.41, 5.74) is 0. The molecule has 59 heavy (non-hydrogen) atoms. The number of aliphatic hydroxyl groups is 1. The highest BCUT2D eigenvalue weighted by molar-refractivity contribution is 5.82. The number of rotatable bonds is 45. The van der Waals surface area contributed by atoms with E-state index in [4.69, 9.17) is 9.47 Å². The molecule has 0 aliphatic rings. The summed E-state index contributed by atoms with van der Waals surface area (Å²) in [6.07, 6.45) is 38.8. The molecule has 8 nitrogen and oxygen atoms in total. The number of aliphatic hydroxyl groups excluding tert-OH is 1. The lowest BCUT2D eigenvalue weighted by Crippen LogP contribution is -2.34. The smallest absolute Gasteiger partial charge is 0.325 e. The van der Waals surface area contributed by atoms with Crippen LogP contribution in [0.25, 0.3) is 0 Å². The molecule has 0 heterocycles. The van der Waals surface area contributed by atoms with Gasteiger partial charge in [0.05, 0.1) is 19.8 Å². The van der Waals surface area contributed by atoms with Gasteiger partial charge in [-0.15, -0.1) is 0 Å². The standard InChI is InChI=1S/C51H100N2O6/c1-7-11-15-19-21-27-34-46(33-25-17-13-9-3)43-49(55)53(6)45-51(57)59-42-32-24-30-38-48(52(5)39-40-54)37-29-23-31-41-58-50(56)44-47(35-26-18-14-10-4)36-28-22-20-16-12-8-2/h46-48,54H,7-45H2,1-6H3. The second kappa shape index (κ2) is 43.0. The van der Waals surface area contributed by atoms with Crippen LogP contribution in [0.1, 0.15) is 246 Å². The maximum absolute atomic E-state index is 13.1. The van der Waals surface area contributed by atoms with Gasteiger partial charge in [0.1, 0.15) is 6.54 Å². The van der Waals surface area contributed by atoms with Gasteiger partial charge in [0.15, 0.2) is 0 Å². The van der Waals surface area contributed by atoms with Crippen LogP contribution in [0.2, 0.25) is 0 Å². The van der Waals surface area contributed by atoms with Crippen molar-refractivity contribution in [2.75, 3.05) is 47.0 Å². The van der Waals surface area contributed by atoms with Crippen molar-refractivity contribution < 1.29 is 29.0 Å². The molecule has 0 saturated carbocycles. The maximum atomic E-state index is 13.1. The minimum Gasteiger partial charge on any atom is -0.466 e. The van der Waals surface area contributed by atoms with E-state index >= 15 is 0 Å². The number of amides is 1. The lowest BCUT2D eigenvalue weighted by molar-refractivity contribution is -0.149. The molecule has 0 bridgehead atoms. The number of hydrogen-bond acceptors (Lipinski definition) is 7. The summed E-state index contributed by atoms with van der Waals surface area (Å²) in [7, 11) is 3.83. The Bertz CT molecular complexity index is 947. The third kappa shape index (κ3) is 36.7. The van der Waals surface area contributed by atoms with Crippen molar-refractivity contribution in [3.63, 3.8) is 0 Å². The van der Waals surface area contributed by atoms with E-state index in [1.807, 2.05) is 0 Å². The van der Waals surface area contributed by atoms with E-state index in [2.05, 4.69) is 39.6 Å². The van der Waals surface area contributed by atoms with Crippen LogP contribution in [0.5, 0.6) is 0 Å². The monoisotopic (exact) mass is 837 g/mol. The first-order valence-electron chi connectivity index (χ1n) is 25.6. The molecule has 0 radical (unpaired) electrons. The first-order chi connectivity index (χ1) is 28.7. The Labute approximate surface area is 366 Å². The van der Waals surface area contributed by atoms with Crippen molar-refractivity contribution in [3.05, 3.63) is 0 Å². The Hall–Kier alpha value is -1.67. The fourth-order valence-corrected chi connectivity index (χ4v) is 8.48. The predicted molar refractivity (Wildman–Crippen MR) is 250 cm³/mol. The maximum Gasteiger partial charge on any atom is 0.325 e. The molecule has 0 spiro atoms. The molecule has 0 rings (SSSR count). The van der Waals surface area contributed by atoms with Gasteiger partial charge in [-0.3, -0.25) is 14.4 Å². The van der Waals surface area contributed by atoms with Crippen molar-refractivity contribution in [2.24, 2.45) is 11.8 Å². The number of ether oxygens (including phenoxy) is 2. The van der Waals surface area contributed by atoms with Gasteiger partial charge in [0.2, 0.25) is 5.91 Å². The summed E-state index contributed by atoms with van der Waals surface area (Å²) in [6.45, 7) is 10.7. The fourth-order valence-electron chi connectivity index (χ4n) is 8.48. The van der Waals surface area contributed by atoms with E-state index in [0.717, 1.165) is 77.0 Å². The van der Waals surface area contributed by atoms with Crippen LogP contribution in [0.15, 0.2) is 0 Å². The molecule has 3 unspecified atom stereocenters. The summed E-state index contributed by atoms with van der Waals surface area (Å²) < 4.78 is 11.3. The van der Waals surface area contributed by atoms with Crippen LogP contribution in [0, 0.1) is 11.8 Å². The van der Waals surface area contributed by atoms with Crippen molar-refractivity contribution in [2.45, 2.75) is 252 Å². The van der Waals surface area contributed by atoms with Gasteiger partial charge in [-0.2, -0.15) is 0 Å². The van der Waals surface area contributed by atoms with E-state index < -0.39 is 0 Å². The van der Waals surface area contributed by atoms with Gasteiger partial charge in [-0.05, 0) is 70.3 Å². The molecule has 0 aromatic carbocycles. The predicted octanol–water partition coefficient (Wildman–Crippen LogP) is 13.4. The largest absolute Gasteiger partial charge is 0.466 e. The van der Waals surface area contributed by atoms with Crippen molar-refractivity contribution >= 4 is 17.8 Å². The number of esters is 2. The van der Waals surface area contributed by atoms with Crippen LogP contribution in [-0.4, -0.2) is 85.8 Å². The molecule has 0 aromatic rings. The van der Waals surface area contributed by atoms with Gasteiger partial charge in [-0.25, -0.2) is 0 Å². The van der Waals surface area contributed by atoms with Crippen LogP contribution in [0.3, 0.4) is 0 Å². The number of nitrogens with zero attached hydrogens (tertiary/aromatic N) is 2. The highest BCUT2D eigenvalue weighted by Gasteiger charge is 2.20. The van der Waals surface area contributed by atoms with E-state index in [1.165, 1.54) is 128 Å².